The van der Waals surface area contributed by atoms with E-state index in [9.17, 15) is 14.4 Å². The molecular formula is C21H24ClN5O3. The number of aromatic nitrogens is 2. The van der Waals surface area contributed by atoms with E-state index in [1.165, 1.54) is 0 Å². The number of anilines is 3. The molecule has 1 fully saturated rings. The third-order valence-corrected chi connectivity index (χ3v) is 6.15. The normalized spacial score (nSPS) is 21.0. The predicted molar refractivity (Wildman–Crippen MR) is 116 cm³/mol. The van der Waals surface area contributed by atoms with Crippen LogP contribution >= 0.6 is 11.6 Å². The van der Waals surface area contributed by atoms with Crippen molar-refractivity contribution in [3.8, 4) is 0 Å². The van der Waals surface area contributed by atoms with Crippen molar-refractivity contribution in [1.82, 2.24) is 9.97 Å². The van der Waals surface area contributed by atoms with Crippen LogP contribution in [0.25, 0.3) is 0 Å². The molecule has 2 aliphatic heterocycles. The van der Waals surface area contributed by atoms with Gasteiger partial charge in [0.2, 0.25) is 17.8 Å². The molecule has 4 rings (SSSR count). The maximum Gasteiger partial charge on any atom is 0.258 e. The lowest BCUT2D eigenvalue weighted by Gasteiger charge is -2.32. The van der Waals surface area contributed by atoms with Gasteiger partial charge in [-0.15, -0.1) is 0 Å². The highest BCUT2D eigenvalue weighted by atomic mass is 35.5. The Hall–Kier alpha value is -2.87. The Balaban J connectivity index is 1.66. The van der Waals surface area contributed by atoms with Gasteiger partial charge < -0.3 is 15.5 Å². The maximum atomic E-state index is 13.0. The number of rotatable bonds is 3. The van der Waals surface area contributed by atoms with Gasteiger partial charge in [0, 0.05) is 30.2 Å². The molecule has 0 aliphatic carbocycles. The zero-order valence-corrected chi connectivity index (χ0v) is 17.7. The zero-order valence-electron chi connectivity index (χ0n) is 16.9. The SMILES string of the molecule is Cc1c(Cl)cccc1NC(=O)[C@@H]1CC(=O)Nc2nc(N3CCC[C@@H](C)C3)[nH]c(=O)c21. The van der Waals surface area contributed by atoms with Crippen LogP contribution in [0.2, 0.25) is 5.02 Å². The van der Waals surface area contributed by atoms with Crippen LogP contribution in [-0.4, -0.2) is 34.9 Å². The molecule has 2 aliphatic rings. The number of benzene rings is 1. The highest BCUT2D eigenvalue weighted by Crippen LogP contribution is 2.32. The van der Waals surface area contributed by atoms with Gasteiger partial charge in [-0.3, -0.25) is 19.4 Å². The first-order valence-electron chi connectivity index (χ1n) is 10.1. The van der Waals surface area contributed by atoms with E-state index >= 15 is 0 Å². The van der Waals surface area contributed by atoms with Crippen molar-refractivity contribution in [2.75, 3.05) is 28.6 Å². The number of carbonyl (C=O) groups is 2. The van der Waals surface area contributed by atoms with Crippen LogP contribution in [0.3, 0.4) is 0 Å². The molecule has 8 nitrogen and oxygen atoms in total. The average molecular weight is 430 g/mol. The van der Waals surface area contributed by atoms with Gasteiger partial charge in [-0.1, -0.05) is 24.6 Å². The number of carbonyl (C=O) groups excluding carboxylic acids is 2. The third kappa shape index (κ3) is 3.92. The molecule has 0 spiro atoms. The number of halogens is 1. The minimum absolute atomic E-state index is 0.122. The number of hydrogen-bond acceptors (Lipinski definition) is 5. The smallest absolute Gasteiger partial charge is 0.258 e. The average Bonchev–Trinajstić information content (AvgIpc) is 2.70. The standard InChI is InChI=1S/C21H24ClN5O3/c1-11-5-4-8-27(10-11)21-25-18-17(20(30)26-21)13(9-16(28)24-18)19(29)23-15-7-3-6-14(22)12(15)2/h3,6-7,11,13H,4-5,8-10H2,1-2H3,(H,23,29)(H2,24,25,26,28,30)/t11-,13-/m1/s1. The van der Waals surface area contributed by atoms with Crippen LogP contribution in [0.1, 0.15) is 43.2 Å². The van der Waals surface area contributed by atoms with Gasteiger partial charge in [0.05, 0.1) is 11.5 Å². The van der Waals surface area contributed by atoms with E-state index in [1.807, 2.05) is 4.90 Å². The number of H-pyrrole nitrogens is 1. The molecule has 2 aromatic rings. The fourth-order valence-electron chi connectivity index (χ4n) is 4.08. The molecule has 3 heterocycles. The molecule has 1 aromatic carbocycles. The molecule has 0 saturated carbocycles. The Bertz CT molecular complexity index is 1070. The summed E-state index contributed by atoms with van der Waals surface area (Å²) >= 11 is 6.13. The van der Waals surface area contributed by atoms with E-state index in [0.717, 1.165) is 31.5 Å². The Labute approximate surface area is 179 Å². The Morgan fingerprint density at radius 2 is 2.13 bits per heavy atom. The second kappa shape index (κ2) is 8.10. The fraction of sp³-hybridized carbons (Fsp3) is 0.429. The van der Waals surface area contributed by atoms with Crippen LogP contribution in [0.5, 0.6) is 0 Å². The van der Waals surface area contributed by atoms with E-state index in [0.29, 0.717) is 22.6 Å². The number of amides is 2. The molecule has 0 radical (unpaired) electrons. The summed E-state index contributed by atoms with van der Waals surface area (Å²) in [4.78, 5) is 47.5. The largest absolute Gasteiger partial charge is 0.342 e. The van der Waals surface area contributed by atoms with E-state index < -0.39 is 17.4 Å². The van der Waals surface area contributed by atoms with Gasteiger partial charge in [-0.05, 0) is 43.4 Å². The summed E-state index contributed by atoms with van der Waals surface area (Å²) in [5, 5.41) is 5.98. The van der Waals surface area contributed by atoms with Crippen molar-refractivity contribution >= 4 is 40.9 Å². The number of nitrogens with zero attached hydrogens (tertiary/aromatic N) is 2. The van der Waals surface area contributed by atoms with Gasteiger partial charge in [0.1, 0.15) is 5.82 Å². The predicted octanol–water partition coefficient (Wildman–Crippen LogP) is 3.03. The summed E-state index contributed by atoms with van der Waals surface area (Å²) in [5.41, 5.74) is 1.04. The first kappa shape index (κ1) is 20.4. The Morgan fingerprint density at radius 1 is 1.33 bits per heavy atom. The van der Waals surface area contributed by atoms with E-state index in [2.05, 4.69) is 27.5 Å². The second-order valence-electron chi connectivity index (χ2n) is 8.05. The first-order chi connectivity index (χ1) is 14.3. The van der Waals surface area contributed by atoms with Crippen LogP contribution < -0.4 is 21.1 Å². The topological polar surface area (TPSA) is 107 Å². The maximum absolute atomic E-state index is 13.0. The molecule has 0 bridgehead atoms. The molecule has 1 saturated heterocycles. The fourth-order valence-corrected chi connectivity index (χ4v) is 4.25. The van der Waals surface area contributed by atoms with Gasteiger partial charge in [-0.2, -0.15) is 4.98 Å². The van der Waals surface area contributed by atoms with Crippen LogP contribution in [-0.2, 0) is 9.59 Å². The second-order valence-corrected chi connectivity index (χ2v) is 8.46. The summed E-state index contributed by atoms with van der Waals surface area (Å²) in [7, 11) is 0. The van der Waals surface area contributed by atoms with Crippen LogP contribution in [0.4, 0.5) is 17.5 Å². The molecular weight excluding hydrogens is 406 g/mol. The summed E-state index contributed by atoms with van der Waals surface area (Å²) in [6, 6.07) is 5.19. The molecule has 1 aromatic heterocycles. The zero-order chi connectivity index (χ0) is 21.4. The molecule has 9 heteroatoms. The van der Waals surface area contributed by atoms with Crippen LogP contribution in [0, 0.1) is 12.8 Å². The quantitative estimate of drug-likeness (QED) is 0.695. The summed E-state index contributed by atoms with van der Waals surface area (Å²) in [5.74, 6) is -0.639. The van der Waals surface area contributed by atoms with Crippen molar-refractivity contribution in [3.05, 3.63) is 44.7 Å². The van der Waals surface area contributed by atoms with Gasteiger partial charge in [-0.25, -0.2) is 0 Å². The van der Waals surface area contributed by atoms with Crippen molar-refractivity contribution < 1.29 is 9.59 Å². The molecule has 3 N–H and O–H groups in total. The Morgan fingerprint density at radius 3 is 2.90 bits per heavy atom. The monoisotopic (exact) mass is 429 g/mol. The number of aromatic amines is 1. The summed E-state index contributed by atoms with van der Waals surface area (Å²) < 4.78 is 0. The van der Waals surface area contributed by atoms with Crippen molar-refractivity contribution in [2.24, 2.45) is 5.92 Å². The van der Waals surface area contributed by atoms with E-state index in [-0.39, 0.29) is 23.7 Å². The Kier molecular flexibility index (Phi) is 5.51. The highest BCUT2D eigenvalue weighted by molar-refractivity contribution is 6.31. The van der Waals surface area contributed by atoms with Crippen molar-refractivity contribution in [2.45, 2.75) is 39.0 Å². The number of piperidine rings is 1. The third-order valence-electron chi connectivity index (χ3n) is 5.74. The van der Waals surface area contributed by atoms with E-state index in [1.54, 1.807) is 25.1 Å². The van der Waals surface area contributed by atoms with Crippen molar-refractivity contribution in [1.29, 1.82) is 0 Å². The first-order valence-corrected chi connectivity index (χ1v) is 10.5. The van der Waals surface area contributed by atoms with E-state index in [4.69, 9.17) is 11.6 Å². The minimum atomic E-state index is -0.933. The van der Waals surface area contributed by atoms with Crippen molar-refractivity contribution in [3.63, 3.8) is 0 Å². The molecule has 2 amide bonds. The minimum Gasteiger partial charge on any atom is -0.342 e. The van der Waals surface area contributed by atoms with Crippen LogP contribution in [0.15, 0.2) is 23.0 Å². The molecule has 158 valence electrons. The lowest BCUT2D eigenvalue weighted by Crippen LogP contribution is -2.40. The number of hydrogen-bond donors (Lipinski definition) is 3. The summed E-state index contributed by atoms with van der Waals surface area (Å²) in [6.07, 6.45) is 2.02. The number of fused-ring (bicyclic) bond motifs is 1. The van der Waals surface area contributed by atoms with Gasteiger partial charge in [0.25, 0.3) is 5.56 Å². The number of nitrogens with one attached hydrogen (secondary N) is 3. The lowest BCUT2D eigenvalue weighted by atomic mass is 9.92. The highest BCUT2D eigenvalue weighted by Gasteiger charge is 2.35. The molecule has 2 atom stereocenters. The molecule has 30 heavy (non-hydrogen) atoms. The van der Waals surface area contributed by atoms with Gasteiger partial charge >= 0.3 is 0 Å². The summed E-state index contributed by atoms with van der Waals surface area (Å²) in [6.45, 7) is 5.52. The van der Waals surface area contributed by atoms with Gasteiger partial charge in [0.15, 0.2) is 0 Å². The lowest BCUT2D eigenvalue weighted by molar-refractivity contribution is -0.123. The molecule has 0 unspecified atom stereocenters.